The SMILES string of the molecule is Cc1cc(Cl)ccc1OCCCC(=O)Nc1nc2ccc(S(C)(=O)=O)cc2s1. The highest BCUT2D eigenvalue weighted by Gasteiger charge is 2.12. The number of fused-ring (bicyclic) bond motifs is 1. The third kappa shape index (κ3) is 5.21. The van der Waals surface area contributed by atoms with Crippen LogP contribution in [0.4, 0.5) is 5.13 Å². The van der Waals surface area contributed by atoms with E-state index >= 15 is 0 Å². The van der Waals surface area contributed by atoms with Gasteiger partial charge in [0, 0.05) is 17.7 Å². The fraction of sp³-hybridized carbons (Fsp3) is 0.263. The number of nitrogens with zero attached hydrogens (tertiary/aromatic N) is 1. The molecule has 0 atom stereocenters. The van der Waals surface area contributed by atoms with Crippen LogP contribution in [0.3, 0.4) is 0 Å². The van der Waals surface area contributed by atoms with E-state index in [4.69, 9.17) is 16.3 Å². The summed E-state index contributed by atoms with van der Waals surface area (Å²) in [7, 11) is -3.28. The zero-order chi connectivity index (χ0) is 20.3. The van der Waals surface area contributed by atoms with Gasteiger partial charge in [0.05, 0.1) is 21.7 Å². The van der Waals surface area contributed by atoms with Crippen molar-refractivity contribution in [3.63, 3.8) is 0 Å². The summed E-state index contributed by atoms with van der Waals surface area (Å²) in [5.41, 5.74) is 1.59. The quantitative estimate of drug-likeness (QED) is 0.550. The molecule has 0 fully saturated rings. The molecule has 3 aromatic rings. The lowest BCUT2D eigenvalue weighted by Gasteiger charge is -2.09. The van der Waals surface area contributed by atoms with Gasteiger partial charge in [-0.1, -0.05) is 22.9 Å². The predicted octanol–water partition coefficient (Wildman–Crippen LogP) is 4.46. The average molecular weight is 439 g/mol. The van der Waals surface area contributed by atoms with Gasteiger partial charge >= 0.3 is 0 Å². The number of sulfone groups is 1. The first-order valence-corrected chi connectivity index (χ1v) is 11.6. The number of amides is 1. The van der Waals surface area contributed by atoms with Crippen molar-refractivity contribution >= 4 is 54.0 Å². The number of carbonyl (C=O) groups is 1. The summed E-state index contributed by atoms with van der Waals surface area (Å²) in [4.78, 5) is 16.7. The van der Waals surface area contributed by atoms with Crippen LogP contribution in [0.2, 0.25) is 5.02 Å². The summed E-state index contributed by atoms with van der Waals surface area (Å²) in [5, 5.41) is 3.85. The van der Waals surface area contributed by atoms with Crippen molar-refractivity contribution in [1.82, 2.24) is 4.98 Å². The summed E-state index contributed by atoms with van der Waals surface area (Å²) in [6.45, 7) is 2.32. The molecular weight excluding hydrogens is 420 g/mol. The second-order valence-electron chi connectivity index (χ2n) is 6.33. The van der Waals surface area contributed by atoms with E-state index in [-0.39, 0.29) is 17.2 Å². The minimum Gasteiger partial charge on any atom is -0.493 e. The van der Waals surface area contributed by atoms with Gasteiger partial charge in [0.25, 0.3) is 0 Å². The Morgan fingerprint density at radius 1 is 1.25 bits per heavy atom. The number of carbonyl (C=O) groups excluding carboxylic acids is 1. The summed E-state index contributed by atoms with van der Waals surface area (Å²) in [6, 6.07) is 10.1. The topological polar surface area (TPSA) is 85.4 Å². The number of halogens is 1. The Bertz CT molecular complexity index is 1130. The van der Waals surface area contributed by atoms with Crippen LogP contribution in [0, 0.1) is 6.92 Å². The molecule has 9 heteroatoms. The molecule has 0 aliphatic heterocycles. The predicted molar refractivity (Wildman–Crippen MR) is 112 cm³/mol. The van der Waals surface area contributed by atoms with E-state index in [0.717, 1.165) is 17.6 Å². The van der Waals surface area contributed by atoms with Crippen molar-refractivity contribution < 1.29 is 17.9 Å². The maximum absolute atomic E-state index is 12.1. The van der Waals surface area contributed by atoms with Crippen LogP contribution >= 0.6 is 22.9 Å². The van der Waals surface area contributed by atoms with Crippen molar-refractivity contribution in [3.8, 4) is 5.75 Å². The Morgan fingerprint density at radius 2 is 2.04 bits per heavy atom. The maximum atomic E-state index is 12.1. The van der Waals surface area contributed by atoms with E-state index in [1.807, 2.05) is 19.1 Å². The zero-order valence-corrected chi connectivity index (χ0v) is 17.7. The number of anilines is 1. The van der Waals surface area contributed by atoms with Crippen LogP contribution in [0.15, 0.2) is 41.3 Å². The molecule has 0 radical (unpaired) electrons. The molecule has 28 heavy (non-hydrogen) atoms. The van der Waals surface area contributed by atoms with Crippen molar-refractivity contribution in [3.05, 3.63) is 47.0 Å². The van der Waals surface area contributed by atoms with Crippen LogP contribution in [0.25, 0.3) is 10.2 Å². The molecule has 1 amide bonds. The molecule has 1 N–H and O–H groups in total. The van der Waals surface area contributed by atoms with Gasteiger partial charge in [0.15, 0.2) is 15.0 Å². The smallest absolute Gasteiger partial charge is 0.226 e. The Morgan fingerprint density at radius 3 is 2.75 bits per heavy atom. The number of benzene rings is 2. The molecule has 0 saturated carbocycles. The van der Waals surface area contributed by atoms with Gasteiger partial charge in [-0.15, -0.1) is 0 Å². The third-order valence-corrected chi connectivity index (χ3v) is 6.26. The van der Waals surface area contributed by atoms with E-state index < -0.39 is 9.84 Å². The van der Waals surface area contributed by atoms with Gasteiger partial charge in [-0.05, 0) is 55.3 Å². The minimum atomic E-state index is -3.28. The van der Waals surface area contributed by atoms with Crippen molar-refractivity contribution in [1.29, 1.82) is 0 Å². The number of rotatable bonds is 7. The first kappa shape index (κ1) is 20.6. The van der Waals surface area contributed by atoms with Gasteiger partial charge in [-0.25, -0.2) is 13.4 Å². The molecule has 0 spiro atoms. The lowest BCUT2D eigenvalue weighted by Crippen LogP contribution is -2.12. The molecule has 0 aliphatic carbocycles. The van der Waals surface area contributed by atoms with Gasteiger partial charge in [-0.2, -0.15) is 0 Å². The maximum Gasteiger partial charge on any atom is 0.226 e. The molecule has 3 rings (SSSR count). The number of ether oxygens (including phenoxy) is 1. The van der Waals surface area contributed by atoms with E-state index in [9.17, 15) is 13.2 Å². The third-order valence-electron chi connectivity index (χ3n) is 3.98. The Labute approximate surface area is 172 Å². The van der Waals surface area contributed by atoms with Gasteiger partial charge in [-0.3, -0.25) is 4.79 Å². The van der Waals surface area contributed by atoms with Gasteiger partial charge < -0.3 is 10.1 Å². The van der Waals surface area contributed by atoms with Crippen molar-refractivity contribution in [2.24, 2.45) is 0 Å². The van der Waals surface area contributed by atoms with Crippen LogP contribution in [-0.2, 0) is 14.6 Å². The van der Waals surface area contributed by atoms with Crippen molar-refractivity contribution in [2.45, 2.75) is 24.7 Å². The number of nitrogens with one attached hydrogen (secondary N) is 1. The monoisotopic (exact) mass is 438 g/mol. The lowest BCUT2D eigenvalue weighted by molar-refractivity contribution is -0.116. The Hall–Kier alpha value is -2.16. The van der Waals surface area contributed by atoms with Crippen LogP contribution < -0.4 is 10.1 Å². The molecule has 0 bridgehead atoms. The number of aromatic nitrogens is 1. The van der Waals surface area contributed by atoms with Gasteiger partial charge in [0.2, 0.25) is 5.91 Å². The number of hydrogen-bond donors (Lipinski definition) is 1. The fourth-order valence-electron chi connectivity index (χ4n) is 2.56. The first-order valence-electron chi connectivity index (χ1n) is 8.52. The molecule has 6 nitrogen and oxygen atoms in total. The van der Waals surface area contributed by atoms with E-state index in [1.54, 1.807) is 18.2 Å². The lowest BCUT2D eigenvalue weighted by atomic mass is 10.2. The van der Waals surface area contributed by atoms with Crippen LogP contribution in [0.5, 0.6) is 5.75 Å². The summed E-state index contributed by atoms with van der Waals surface area (Å²) in [5.74, 6) is 0.580. The first-order chi connectivity index (χ1) is 13.2. The largest absolute Gasteiger partial charge is 0.493 e. The average Bonchev–Trinajstić information content (AvgIpc) is 3.00. The highest BCUT2D eigenvalue weighted by molar-refractivity contribution is 7.90. The summed E-state index contributed by atoms with van der Waals surface area (Å²) in [6.07, 6.45) is 2.00. The molecule has 0 unspecified atom stereocenters. The second-order valence-corrected chi connectivity index (χ2v) is 9.81. The number of hydrogen-bond acceptors (Lipinski definition) is 6. The van der Waals surface area contributed by atoms with Gasteiger partial charge in [0.1, 0.15) is 5.75 Å². The number of aryl methyl sites for hydroxylation is 1. The van der Waals surface area contributed by atoms with Crippen LogP contribution in [0.1, 0.15) is 18.4 Å². The molecule has 1 aromatic heterocycles. The molecule has 1 heterocycles. The van der Waals surface area contributed by atoms with E-state index in [0.29, 0.717) is 33.4 Å². The van der Waals surface area contributed by atoms with Crippen molar-refractivity contribution in [2.75, 3.05) is 18.2 Å². The second kappa shape index (κ2) is 8.46. The Balaban J connectivity index is 1.53. The fourth-order valence-corrected chi connectivity index (χ4v) is 4.43. The van der Waals surface area contributed by atoms with E-state index in [2.05, 4.69) is 10.3 Å². The molecule has 2 aromatic carbocycles. The van der Waals surface area contributed by atoms with Crippen LogP contribution in [-0.4, -0.2) is 32.2 Å². The molecular formula is C19H19ClN2O4S2. The number of thiazole rings is 1. The summed E-state index contributed by atoms with van der Waals surface area (Å²) >= 11 is 7.16. The minimum absolute atomic E-state index is 0.168. The molecule has 148 valence electrons. The highest BCUT2D eigenvalue weighted by atomic mass is 35.5. The normalized spacial score (nSPS) is 11.5. The Kier molecular flexibility index (Phi) is 6.22. The van der Waals surface area contributed by atoms with E-state index in [1.165, 1.54) is 17.4 Å². The molecule has 0 aliphatic rings. The highest BCUT2D eigenvalue weighted by Crippen LogP contribution is 2.28. The zero-order valence-electron chi connectivity index (χ0n) is 15.4. The molecule has 0 saturated heterocycles. The summed E-state index contributed by atoms with van der Waals surface area (Å²) < 4.78 is 29.7. The standard InChI is InChI=1S/C19H19ClN2O4S2/c1-12-10-13(20)5-8-16(12)26-9-3-4-18(23)22-19-21-15-7-6-14(28(2,24)25)11-17(15)27-19/h5-8,10-11H,3-4,9H2,1-2H3,(H,21,22,23).